The second-order valence-corrected chi connectivity index (χ2v) is 6.00. The molecule has 1 fully saturated rings. The third kappa shape index (κ3) is 4.65. The van der Waals surface area contributed by atoms with E-state index in [1.54, 1.807) is 6.07 Å². The predicted molar refractivity (Wildman–Crippen MR) is 83.4 cm³/mol. The highest BCUT2D eigenvalue weighted by atomic mass is 35.5. The molecular formula is C15H20Cl2N2O. The van der Waals surface area contributed by atoms with Crippen molar-refractivity contribution in [1.29, 1.82) is 0 Å². The topological polar surface area (TPSA) is 41.1 Å². The molecule has 0 saturated carbocycles. The van der Waals surface area contributed by atoms with E-state index in [-0.39, 0.29) is 11.8 Å². The Morgan fingerprint density at radius 3 is 2.75 bits per heavy atom. The Morgan fingerprint density at radius 2 is 2.05 bits per heavy atom. The van der Waals surface area contributed by atoms with Crippen molar-refractivity contribution in [2.75, 3.05) is 19.6 Å². The van der Waals surface area contributed by atoms with E-state index in [2.05, 4.69) is 10.6 Å². The zero-order valence-corrected chi connectivity index (χ0v) is 12.9. The fourth-order valence-corrected chi connectivity index (χ4v) is 2.95. The summed E-state index contributed by atoms with van der Waals surface area (Å²) in [4.78, 5) is 11.9. The molecule has 20 heavy (non-hydrogen) atoms. The van der Waals surface area contributed by atoms with Crippen LogP contribution >= 0.6 is 23.2 Å². The molecule has 0 aromatic heterocycles. The standard InChI is InChI=1S/C15H20Cl2N2O/c16-13-4-3-11(14(17)10-13)2-1-7-19-15(20)12-5-8-18-9-6-12/h3-4,10,12,18H,1-2,5-9H2,(H,19,20). The van der Waals surface area contributed by atoms with Crippen LogP contribution in [0, 0.1) is 5.92 Å². The summed E-state index contributed by atoms with van der Waals surface area (Å²) in [6, 6.07) is 5.54. The molecule has 0 atom stereocenters. The number of halogens is 2. The third-order valence-corrected chi connectivity index (χ3v) is 4.23. The highest BCUT2D eigenvalue weighted by molar-refractivity contribution is 6.35. The second kappa shape index (κ2) is 7.87. The number of amides is 1. The Bertz CT molecular complexity index is 459. The van der Waals surface area contributed by atoms with E-state index in [0.29, 0.717) is 16.6 Å². The molecule has 1 aromatic carbocycles. The van der Waals surface area contributed by atoms with E-state index >= 15 is 0 Å². The summed E-state index contributed by atoms with van der Waals surface area (Å²) in [6.07, 6.45) is 3.62. The summed E-state index contributed by atoms with van der Waals surface area (Å²) < 4.78 is 0. The Morgan fingerprint density at radius 1 is 1.30 bits per heavy atom. The van der Waals surface area contributed by atoms with Gasteiger partial charge in [0.15, 0.2) is 0 Å². The van der Waals surface area contributed by atoms with Crippen LogP contribution in [0.4, 0.5) is 0 Å². The van der Waals surface area contributed by atoms with Crippen LogP contribution in [0.3, 0.4) is 0 Å². The normalized spacial score (nSPS) is 16.1. The maximum atomic E-state index is 11.9. The smallest absolute Gasteiger partial charge is 0.223 e. The SMILES string of the molecule is O=C(NCCCc1ccc(Cl)cc1Cl)C1CCNCC1. The van der Waals surface area contributed by atoms with Gasteiger partial charge in [0, 0.05) is 22.5 Å². The second-order valence-electron chi connectivity index (χ2n) is 5.15. The first kappa shape index (κ1) is 15.6. The van der Waals surface area contributed by atoms with Gasteiger partial charge in [-0.15, -0.1) is 0 Å². The van der Waals surface area contributed by atoms with Gasteiger partial charge in [0.05, 0.1) is 0 Å². The van der Waals surface area contributed by atoms with Gasteiger partial charge in [-0.05, 0) is 56.5 Å². The lowest BCUT2D eigenvalue weighted by molar-refractivity contribution is -0.125. The maximum absolute atomic E-state index is 11.9. The molecule has 1 heterocycles. The maximum Gasteiger partial charge on any atom is 0.223 e. The van der Waals surface area contributed by atoms with Crippen LogP contribution in [0.1, 0.15) is 24.8 Å². The molecule has 0 bridgehead atoms. The quantitative estimate of drug-likeness (QED) is 0.820. The molecule has 2 N–H and O–H groups in total. The van der Waals surface area contributed by atoms with Gasteiger partial charge in [-0.1, -0.05) is 29.3 Å². The van der Waals surface area contributed by atoms with E-state index in [0.717, 1.165) is 44.3 Å². The molecule has 0 radical (unpaired) electrons. The van der Waals surface area contributed by atoms with Gasteiger partial charge in [-0.3, -0.25) is 4.79 Å². The van der Waals surface area contributed by atoms with E-state index in [9.17, 15) is 4.79 Å². The van der Waals surface area contributed by atoms with Gasteiger partial charge in [0.1, 0.15) is 0 Å². The molecule has 1 saturated heterocycles. The number of carbonyl (C=O) groups excluding carboxylic acids is 1. The number of aryl methyl sites for hydroxylation is 1. The molecule has 1 aromatic rings. The molecule has 5 heteroatoms. The van der Waals surface area contributed by atoms with Crippen LogP contribution in [0.25, 0.3) is 0 Å². The molecule has 1 aliphatic heterocycles. The first-order chi connectivity index (χ1) is 9.66. The molecule has 3 nitrogen and oxygen atoms in total. The number of carbonyl (C=O) groups is 1. The minimum Gasteiger partial charge on any atom is -0.356 e. The minimum absolute atomic E-state index is 0.176. The number of hydrogen-bond acceptors (Lipinski definition) is 2. The van der Waals surface area contributed by atoms with Crippen molar-refractivity contribution in [2.45, 2.75) is 25.7 Å². The summed E-state index contributed by atoms with van der Waals surface area (Å²) in [5.41, 5.74) is 1.08. The Kier molecular flexibility index (Phi) is 6.14. The molecule has 110 valence electrons. The van der Waals surface area contributed by atoms with Crippen LogP contribution in [-0.2, 0) is 11.2 Å². The number of benzene rings is 1. The van der Waals surface area contributed by atoms with E-state index < -0.39 is 0 Å². The Hall–Kier alpha value is -0.770. The fourth-order valence-electron chi connectivity index (χ4n) is 2.44. The molecule has 1 aliphatic rings. The summed E-state index contributed by atoms with van der Waals surface area (Å²) in [5.74, 6) is 0.365. The number of rotatable bonds is 5. The fraction of sp³-hybridized carbons (Fsp3) is 0.533. The number of nitrogens with one attached hydrogen (secondary N) is 2. The van der Waals surface area contributed by atoms with Crippen LogP contribution < -0.4 is 10.6 Å². The molecular weight excluding hydrogens is 295 g/mol. The van der Waals surface area contributed by atoms with Gasteiger partial charge in [-0.25, -0.2) is 0 Å². The summed E-state index contributed by atoms with van der Waals surface area (Å²) in [7, 11) is 0. The number of hydrogen-bond donors (Lipinski definition) is 2. The minimum atomic E-state index is 0.176. The Labute approximate surface area is 130 Å². The van der Waals surface area contributed by atoms with Crippen molar-refractivity contribution in [3.05, 3.63) is 33.8 Å². The van der Waals surface area contributed by atoms with Gasteiger partial charge in [-0.2, -0.15) is 0 Å². The zero-order chi connectivity index (χ0) is 14.4. The molecule has 0 unspecified atom stereocenters. The van der Waals surface area contributed by atoms with Crippen molar-refractivity contribution in [3.63, 3.8) is 0 Å². The highest BCUT2D eigenvalue weighted by Gasteiger charge is 2.20. The lowest BCUT2D eigenvalue weighted by atomic mass is 9.97. The zero-order valence-electron chi connectivity index (χ0n) is 11.4. The van der Waals surface area contributed by atoms with E-state index in [1.165, 1.54) is 0 Å². The van der Waals surface area contributed by atoms with Crippen LogP contribution in [-0.4, -0.2) is 25.5 Å². The van der Waals surface area contributed by atoms with E-state index in [4.69, 9.17) is 23.2 Å². The van der Waals surface area contributed by atoms with Crippen LogP contribution in [0.15, 0.2) is 18.2 Å². The van der Waals surface area contributed by atoms with Crippen LogP contribution in [0.5, 0.6) is 0 Å². The van der Waals surface area contributed by atoms with Gasteiger partial charge in [0.2, 0.25) is 5.91 Å². The Balaban J connectivity index is 1.69. The third-order valence-electron chi connectivity index (χ3n) is 3.65. The van der Waals surface area contributed by atoms with Crippen molar-refractivity contribution in [2.24, 2.45) is 5.92 Å². The first-order valence-corrected chi connectivity index (χ1v) is 7.85. The molecule has 0 aliphatic carbocycles. The summed E-state index contributed by atoms with van der Waals surface area (Å²) in [5, 5.41) is 7.63. The monoisotopic (exact) mass is 314 g/mol. The van der Waals surface area contributed by atoms with Gasteiger partial charge in [0.25, 0.3) is 0 Å². The molecule has 1 amide bonds. The average molecular weight is 315 g/mol. The van der Waals surface area contributed by atoms with Crippen molar-refractivity contribution in [1.82, 2.24) is 10.6 Å². The van der Waals surface area contributed by atoms with Crippen molar-refractivity contribution >= 4 is 29.1 Å². The van der Waals surface area contributed by atoms with Crippen LogP contribution in [0.2, 0.25) is 10.0 Å². The molecule has 0 spiro atoms. The van der Waals surface area contributed by atoms with E-state index in [1.807, 2.05) is 12.1 Å². The van der Waals surface area contributed by atoms with Gasteiger partial charge >= 0.3 is 0 Å². The lowest BCUT2D eigenvalue weighted by Crippen LogP contribution is -2.38. The largest absolute Gasteiger partial charge is 0.356 e. The van der Waals surface area contributed by atoms with Crippen molar-refractivity contribution < 1.29 is 4.79 Å². The first-order valence-electron chi connectivity index (χ1n) is 7.09. The van der Waals surface area contributed by atoms with Crippen molar-refractivity contribution in [3.8, 4) is 0 Å². The summed E-state index contributed by atoms with van der Waals surface area (Å²) >= 11 is 12.0. The number of piperidine rings is 1. The lowest BCUT2D eigenvalue weighted by Gasteiger charge is -2.21. The van der Waals surface area contributed by atoms with Gasteiger partial charge < -0.3 is 10.6 Å². The highest BCUT2D eigenvalue weighted by Crippen LogP contribution is 2.21. The predicted octanol–water partition coefficient (Wildman–Crippen LogP) is 3.04. The summed E-state index contributed by atoms with van der Waals surface area (Å²) in [6.45, 7) is 2.58. The molecule has 2 rings (SSSR count). The average Bonchev–Trinajstić information content (AvgIpc) is 2.46.